The first-order chi connectivity index (χ1) is 9.19. The van der Waals surface area contributed by atoms with E-state index >= 15 is 0 Å². The Kier molecular flexibility index (Phi) is 3.36. The molecule has 0 saturated heterocycles. The van der Waals surface area contributed by atoms with Crippen molar-refractivity contribution in [2.45, 2.75) is 33.1 Å². The molecular weight excluding hydrogens is 258 g/mol. The molecule has 1 aromatic carbocycles. The zero-order valence-corrected chi connectivity index (χ0v) is 12.1. The van der Waals surface area contributed by atoms with Crippen LogP contribution in [0.2, 0.25) is 5.02 Å². The number of hydrogen-bond acceptors (Lipinski definition) is 2. The van der Waals surface area contributed by atoms with E-state index < -0.39 is 0 Å². The molecule has 0 amide bonds. The highest BCUT2D eigenvalue weighted by Crippen LogP contribution is 2.35. The second-order valence-corrected chi connectivity index (χ2v) is 5.69. The molecule has 0 N–H and O–H groups in total. The molecule has 0 fully saturated rings. The minimum atomic E-state index is 0.665. The molecule has 0 bridgehead atoms. The first-order valence-electron chi connectivity index (χ1n) is 6.93. The van der Waals surface area contributed by atoms with Gasteiger partial charge in [-0.25, -0.2) is 0 Å². The fourth-order valence-corrected chi connectivity index (χ4v) is 3.13. The van der Waals surface area contributed by atoms with E-state index in [1.807, 2.05) is 25.1 Å². The van der Waals surface area contributed by atoms with Crippen LogP contribution >= 0.6 is 11.6 Å². The summed E-state index contributed by atoms with van der Waals surface area (Å²) in [6.07, 6.45) is 3.29. The Balaban J connectivity index is 2.17. The fourth-order valence-electron chi connectivity index (χ4n) is 2.79. The summed E-state index contributed by atoms with van der Waals surface area (Å²) < 4.78 is 5.55. The standard InChI is InChI=1S/C16H18ClNO/c1-3-19-11-5-7-15-13(9-11)16(17)12-8-10(2)4-6-14(12)18-15/h5,7,9-10H,3-4,6,8H2,1-2H3. The van der Waals surface area contributed by atoms with Gasteiger partial charge in [-0.1, -0.05) is 18.5 Å². The molecule has 0 saturated carbocycles. The molecule has 1 unspecified atom stereocenters. The molecule has 0 aliphatic heterocycles. The maximum atomic E-state index is 6.60. The third-order valence-corrected chi connectivity index (χ3v) is 4.24. The van der Waals surface area contributed by atoms with Crippen LogP contribution in [0, 0.1) is 5.92 Å². The molecule has 1 atom stereocenters. The fraction of sp³-hybridized carbons (Fsp3) is 0.438. The summed E-state index contributed by atoms with van der Waals surface area (Å²) in [6, 6.07) is 5.98. The molecule has 2 nitrogen and oxygen atoms in total. The van der Waals surface area contributed by atoms with Crippen LogP contribution in [0.3, 0.4) is 0 Å². The summed E-state index contributed by atoms with van der Waals surface area (Å²) in [5.41, 5.74) is 3.39. The van der Waals surface area contributed by atoms with Crippen LogP contribution in [0.15, 0.2) is 18.2 Å². The van der Waals surface area contributed by atoms with Gasteiger partial charge in [0.15, 0.2) is 0 Å². The molecule has 2 aromatic rings. The van der Waals surface area contributed by atoms with Crippen LogP contribution in [-0.2, 0) is 12.8 Å². The largest absolute Gasteiger partial charge is 0.494 e. The van der Waals surface area contributed by atoms with Gasteiger partial charge in [0.2, 0.25) is 0 Å². The number of fused-ring (bicyclic) bond motifs is 2. The molecule has 19 heavy (non-hydrogen) atoms. The van der Waals surface area contributed by atoms with Gasteiger partial charge in [0.25, 0.3) is 0 Å². The summed E-state index contributed by atoms with van der Waals surface area (Å²) in [7, 11) is 0. The van der Waals surface area contributed by atoms with Gasteiger partial charge >= 0.3 is 0 Å². The summed E-state index contributed by atoms with van der Waals surface area (Å²) in [5, 5.41) is 1.88. The molecule has 1 aromatic heterocycles. The van der Waals surface area contributed by atoms with Crippen molar-refractivity contribution < 1.29 is 4.74 Å². The van der Waals surface area contributed by atoms with E-state index in [1.54, 1.807) is 0 Å². The van der Waals surface area contributed by atoms with Crippen LogP contribution in [0.5, 0.6) is 5.75 Å². The molecule has 100 valence electrons. The Morgan fingerprint density at radius 3 is 3.05 bits per heavy atom. The number of ether oxygens (including phenoxy) is 1. The lowest BCUT2D eigenvalue weighted by Gasteiger charge is -2.22. The average molecular weight is 276 g/mol. The lowest BCUT2D eigenvalue weighted by atomic mass is 9.87. The Morgan fingerprint density at radius 2 is 2.26 bits per heavy atom. The third kappa shape index (κ3) is 2.30. The van der Waals surface area contributed by atoms with Crippen LogP contribution in [0.1, 0.15) is 31.5 Å². The Hall–Kier alpha value is -1.28. The molecule has 3 rings (SSSR count). The van der Waals surface area contributed by atoms with Gasteiger partial charge in [-0.2, -0.15) is 0 Å². The van der Waals surface area contributed by atoms with Gasteiger partial charge in [0, 0.05) is 11.1 Å². The molecule has 1 heterocycles. The van der Waals surface area contributed by atoms with E-state index in [2.05, 4.69) is 6.92 Å². The lowest BCUT2D eigenvalue weighted by molar-refractivity contribution is 0.340. The Bertz CT molecular complexity index is 624. The molecule has 3 heteroatoms. The van der Waals surface area contributed by atoms with Gasteiger partial charge < -0.3 is 4.74 Å². The molecular formula is C16H18ClNO. The summed E-state index contributed by atoms with van der Waals surface area (Å²) in [5.74, 6) is 1.56. The smallest absolute Gasteiger partial charge is 0.120 e. The topological polar surface area (TPSA) is 22.1 Å². The zero-order chi connectivity index (χ0) is 13.4. The summed E-state index contributed by atoms with van der Waals surface area (Å²) >= 11 is 6.60. The van der Waals surface area contributed by atoms with Crippen molar-refractivity contribution in [1.82, 2.24) is 4.98 Å². The number of benzene rings is 1. The van der Waals surface area contributed by atoms with Crippen LogP contribution in [0.4, 0.5) is 0 Å². The number of aromatic nitrogens is 1. The van der Waals surface area contributed by atoms with Gasteiger partial charge in [0.05, 0.1) is 17.1 Å². The number of aryl methyl sites for hydroxylation is 1. The molecule has 1 aliphatic rings. The number of hydrogen-bond donors (Lipinski definition) is 0. The normalized spacial score (nSPS) is 18.4. The predicted molar refractivity (Wildman–Crippen MR) is 79.1 cm³/mol. The maximum absolute atomic E-state index is 6.60. The van der Waals surface area contributed by atoms with Crippen LogP contribution in [-0.4, -0.2) is 11.6 Å². The summed E-state index contributed by atoms with van der Waals surface area (Å²) in [6.45, 7) is 4.93. The number of halogens is 1. The van der Waals surface area contributed by atoms with E-state index in [9.17, 15) is 0 Å². The number of pyridine rings is 1. The highest BCUT2D eigenvalue weighted by molar-refractivity contribution is 6.36. The zero-order valence-electron chi connectivity index (χ0n) is 11.4. The van der Waals surface area contributed by atoms with Crippen LogP contribution in [0.25, 0.3) is 10.9 Å². The predicted octanol–water partition coefficient (Wildman–Crippen LogP) is 4.41. The Labute approximate surface area is 118 Å². The van der Waals surface area contributed by atoms with Crippen LogP contribution < -0.4 is 4.74 Å². The first kappa shape index (κ1) is 12.7. The van der Waals surface area contributed by atoms with Crippen molar-refractivity contribution in [2.24, 2.45) is 5.92 Å². The SMILES string of the molecule is CCOc1ccc2nc3c(c(Cl)c2c1)CC(C)CC3. The van der Waals surface area contributed by atoms with Gasteiger partial charge in [0.1, 0.15) is 5.75 Å². The minimum Gasteiger partial charge on any atom is -0.494 e. The lowest BCUT2D eigenvalue weighted by Crippen LogP contribution is -2.13. The van der Waals surface area contributed by atoms with E-state index in [0.717, 1.165) is 34.5 Å². The average Bonchev–Trinajstić information content (AvgIpc) is 2.41. The monoisotopic (exact) mass is 275 g/mol. The van der Waals surface area contributed by atoms with E-state index in [0.29, 0.717) is 12.5 Å². The van der Waals surface area contributed by atoms with Crippen molar-refractivity contribution in [2.75, 3.05) is 6.61 Å². The summed E-state index contributed by atoms with van der Waals surface area (Å²) in [4.78, 5) is 4.77. The minimum absolute atomic E-state index is 0.665. The Morgan fingerprint density at radius 1 is 1.42 bits per heavy atom. The third-order valence-electron chi connectivity index (χ3n) is 3.81. The number of nitrogens with zero attached hydrogens (tertiary/aromatic N) is 1. The second-order valence-electron chi connectivity index (χ2n) is 5.31. The highest BCUT2D eigenvalue weighted by atomic mass is 35.5. The van der Waals surface area contributed by atoms with Gasteiger partial charge in [-0.05, 0) is 55.9 Å². The molecule has 0 spiro atoms. The van der Waals surface area contributed by atoms with Gasteiger partial charge in [-0.3, -0.25) is 4.98 Å². The maximum Gasteiger partial charge on any atom is 0.120 e. The van der Waals surface area contributed by atoms with Gasteiger partial charge in [-0.15, -0.1) is 0 Å². The molecule has 1 aliphatic carbocycles. The van der Waals surface area contributed by atoms with Crippen molar-refractivity contribution in [1.29, 1.82) is 0 Å². The van der Waals surface area contributed by atoms with Crippen molar-refractivity contribution in [3.8, 4) is 5.75 Å². The van der Waals surface area contributed by atoms with E-state index in [1.165, 1.54) is 17.7 Å². The quantitative estimate of drug-likeness (QED) is 0.810. The van der Waals surface area contributed by atoms with Crippen molar-refractivity contribution in [3.05, 3.63) is 34.5 Å². The first-order valence-corrected chi connectivity index (χ1v) is 7.30. The van der Waals surface area contributed by atoms with E-state index in [-0.39, 0.29) is 0 Å². The van der Waals surface area contributed by atoms with E-state index in [4.69, 9.17) is 21.3 Å². The highest BCUT2D eigenvalue weighted by Gasteiger charge is 2.21. The van der Waals surface area contributed by atoms with Crippen molar-refractivity contribution in [3.63, 3.8) is 0 Å². The molecule has 0 radical (unpaired) electrons. The number of rotatable bonds is 2. The second kappa shape index (κ2) is 5.01. The van der Waals surface area contributed by atoms with Crippen molar-refractivity contribution >= 4 is 22.5 Å².